The van der Waals surface area contributed by atoms with E-state index in [0.29, 0.717) is 6.54 Å². The fourth-order valence-corrected chi connectivity index (χ4v) is 0.291. The van der Waals surface area contributed by atoms with Crippen molar-refractivity contribution in [1.82, 2.24) is 4.90 Å². The van der Waals surface area contributed by atoms with Crippen molar-refractivity contribution in [2.24, 2.45) is 5.73 Å². The van der Waals surface area contributed by atoms with Crippen LogP contribution in [0.5, 0.6) is 0 Å². The smallest absolute Gasteiger partial charge is 0.0558 e. The molecule has 0 aromatic heterocycles. The van der Waals surface area contributed by atoms with E-state index in [9.17, 15) is 0 Å². The van der Waals surface area contributed by atoms with Gasteiger partial charge in [-0.2, -0.15) is 0 Å². The van der Waals surface area contributed by atoms with Crippen molar-refractivity contribution in [1.29, 1.82) is 0 Å². The Morgan fingerprint density at radius 2 is 1.73 bits per heavy atom. The van der Waals surface area contributed by atoms with Crippen LogP contribution in [-0.2, 0) is 0 Å². The first-order valence-corrected chi connectivity index (χ1v) is 3.75. The minimum Gasteiger partial charge on any atom is -0.396 e. The number of nitrogens with two attached hydrogens (primary N) is 1. The summed E-state index contributed by atoms with van der Waals surface area (Å²) in [5.74, 6) is 0. The van der Waals surface area contributed by atoms with Crippen LogP contribution in [0.15, 0.2) is 0 Å². The third-order valence-corrected chi connectivity index (χ3v) is 0.909. The summed E-state index contributed by atoms with van der Waals surface area (Å²) in [5.41, 5.74) is 4.98. The molecule has 0 spiro atoms. The highest BCUT2D eigenvalue weighted by Crippen LogP contribution is 1.66. The first kappa shape index (κ1) is 13.4. The Morgan fingerprint density at radius 1 is 1.18 bits per heavy atom. The molecule has 70 valence electrons. The monoisotopic (exact) mass is 164 g/mol. The second-order valence-electron chi connectivity index (χ2n) is 2.39. The van der Waals surface area contributed by atoms with Gasteiger partial charge in [-0.05, 0) is 27.1 Å². The van der Waals surface area contributed by atoms with Crippen LogP contribution in [0.1, 0.15) is 6.42 Å². The van der Waals surface area contributed by atoms with E-state index in [1.54, 1.807) is 0 Å². The Morgan fingerprint density at radius 3 is 1.73 bits per heavy atom. The van der Waals surface area contributed by atoms with Gasteiger partial charge in [0.2, 0.25) is 0 Å². The summed E-state index contributed by atoms with van der Waals surface area (Å²) in [6.07, 6.45) is 0.722. The number of hydrogen-bond acceptors (Lipinski definition) is 4. The Labute approximate surface area is 68.6 Å². The van der Waals surface area contributed by atoms with Gasteiger partial charge in [-0.25, -0.2) is 0 Å². The van der Waals surface area contributed by atoms with Gasteiger partial charge in [-0.15, -0.1) is 0 Å². The largest absolute Gasteiger partial charge is 0.396 e. The molecule has 4 nitrogen and oxygen atoms in total. The van der Waals surface area contributed by atoms with Crippen molar-refractivity contribution in [2.75, 3.05) is 40.4 Å². The van der Waals surface area contributed by atoms with E-state index in [1.165, 1.54) is 0 Å². The molecule has 0 unspecified atom stereocenters. The van der Waals surface area contributed by atoms with Crippen LogP contribution in [0, 0.1) is 0 Å². The number of nitrogens with zero attached hydrogens (tertiary/aromatic N) is 1. The Balaban J connectivity index is 0. The normalized spacial score (nSPS) is 9.27. The van der Waals surface area contributed by atoms with Crippen LogP contribution in [0.4, 0.5) is 0 Å². The lowest BCUT2D eigenvalue weighted by molar-refractivity contribution is 0.243. The van der Waals surface area contributed by atoms with Gasteiger partial charge in [-0.3, -0.25) is 0 Å². The van der Waals surface area contributed by atoms with E-state index in [-0.39, 0.29) is 13.2 Å². The molecular formula is C7H20N2O2. The zero-order valence-electron chi connectivity index (χ0n) is 7.45. The van der Waals surface area contributed by atoms with Gasteiger partial charge in [0, 0.05) is 13.2 Å². The standard InChI is InChI=1S/C4H11NO.C3H9NO/c1-5(2)3-4-6;4-2-1-3-5/h6H,3-4H2,1-2H3;5H,1-4H2. The van der Waals surface area contributed by atoms with Crippen LogP contribution in [-0.4, -0.2) is 55.5 Å². The average molecular weight is 164 g/mol. The average Bonchev–Trinajstić information content (AvgIpc) is 1.90. The highest BCUT2D eigenvalue weighted by Gasteiger charge is 1.80. The van der Waals surface area contributed by atoms with E-state index >= 15 is 0 Å². The molecule has 11 heavy (non-hydrogen) atoms. The molecule has 0 aromatic carbocycles. The van der Waals surface area contributed by atoms with Crippen LogP contribution in [0.3, 0.4) is 0 Å². The second-order valence-corrected chi connectivity index (χ2v) is 2.39. The lowest BCUT2D eigenvalue weighted by Crippen LogP contribution is -2.15. The quantitative estimate of drug-likeness (QED) is 0.491. The van der Waals surface area contributed by atoms with E-state index in [1.807, 2.05) is 19.0 Å². The molecule has 0 bridgehead atoms. The molecule has 0 saturated heterocycles. The summed E-state index contributed by atoms with van der Waals surface area (Å²) in [7, 11) is 3.85. The molecule has 0 rings (SSSR count). The van der Waals surface area contributed by atoms with Gasteiger partial charge in [0.15, 0.2) is 0 Å². The maximum absolute atomic E-state index is 8.20. The first-order chi connectivity index (χ1) is 5.18. The van der Waals surface area contributed by atoms with Gasteiger partial charge < -0.3 is 20.8 Å². The summed E-state index contributed by atoms with van der Waals surface area (Å²) in [4.78, 5) is 1.93. The molecule has 0 aliphatic rings. The molecule has 0 atom stereocenters. The van der Waals surface area contributed by atoms with Crippen LogP contribution >= 0.6 is 0 Å². The van der Waals surface area contributed by atoms with Crippen molar-refractivity contribution in [2.45, 2.75) is 6.42 Å². The highest BCUT2D eigenvalue weighted by molar-refractivity contribution is 4.34. The van der Waals surface area contributed by atoms with Gasteiger partial charge in [-0.1, -0.05) is 0 Å². The first-order valence-electron chi connectivity index (χ1n) is 3.75. The maximum atomic E-state index is 8.20. The second kappa shape index (κ2) is 12.5. The molecule has 0 aliphatic carbocycles. The topological polar surface area (TPSA) is 69.7 Å². The molecule has 4 N–H and O–H groups in total. The fraction of sp³-hybridized carbons (Fsp3) is 1.00. The highest BCUT2D eigenvalue weighted by atomic mass is 16.3. The van der Waals surface area contributed by atoms with E-state index < -0.39 is 0 Å². The number of rotatable bonds is 4. The number of aliphatic hydroxyl groups excluding tert-OH is 2. The number of aliphatic hydroxyl groups is 2. The molecule has 0 saturated carbocycles. The zero-order valence-corrected chi connectivity index (χ0v) is 7.45. The minimum absolute atomic E-state index is 0.219. The van der Waals surface area contributed by atoms with Gasteiger partial charge in [0.05, 0.1) is 6.61 Å². The molecule has 0 aliphatic heterocycles. The third kappa shape index (κ3) is 25.8. The Kier molecular flexibility index (Phi) is 15.3. The van der Waals surface area contributed by atoms with Crippen LogP contribution in [0.25, 0.3) is 0 Å². The van der Waals surface area contributed by atoms with Crippen molar-refractivity contribution >= 4 is 0 Å². The molecule has 0 radical (unpaired) electrons. The van der Waals surface area contributed by atoms with E-state index in [2.05, 4.69) is 0 Å². The summed E-state index contributed by atoms with van der Waals surface area (Å²) >= 11 is 0. The van der Waals surface area contributed by atoms with Gasteiger partial charge in [0.25, 0.3) is 0 Å². The Hall–Kier alpha value is -0.160. The van der Waals surface area contributed by atoms with Crippen molar-refractivity contribution < 1.29 is 10.2 Å². The number of likely N-dealkylation sites (N-methyl/N-ethyl adjacent to an activating group) is 1. The predicted octanol–water partition coefficient (Wildman–Crippen LogP) is -1.13. The summed E-state index contributed by atoms with van der Waals surface area (Å²) in [6, 6.07) is 0. The van der Waals surface area contributed by atoms with Crippen molar-refractivity contribution in [3.8, 4) is 0 Å². The summed E-state index contributed by atoms with van der Waals surface area (Å²) < 4.78 is 0. The lowest BCUT2D eigenvalue weighted by atomic mass is 10.5. The lowest BCUT2D eigenvalue weighted by Gasteiger charge is -2.03. The van der Waals surface area contributed by atoms with Crippen LogP contribution < -0.4 is 5.73 Å². The summed E-state index contributed by atoms with van der Waals surface area (Å²) in [6.45, 7) is 1.83. The maximum Gasteiger partial charge on any atom is 0.0558 e. The van der Waals surface area contributed by atoms with Gasteiger partial charge in [0.1, 0.15) is 0 Å². The van der Waals surface area contributed by atoms with Crippen molar-refractivity contribution in [3.05, 3.63) is 0 Å². The molecule has 0 aromatic rings. The summed E-state index contributed by atoms with van der Waals surface area (Å²) in [5, 5.41) is 16.2. The van der Waals surface area contributed by atoms with Crippen molar-refractivity contribution in [3.63, 3.8) is 0 Å². The predicted molar refractivity (Wildman–Crippen MR) is 46.4 cm³/mol. The fourth-order valence-electron chi connectivity index (χ4n) is 0.291. The molecule has 0 heterocycles. The van der Waals surface area contributed by atoms with Gasteiger partial charge >= 0.3 is 0 Å². The molecule has 0 fully saturated rings. The molecule has 0 amide bonds. The van der Waals surface area contributed by atoms with E-state index in [4.69, 9.17) is 15.9 Å². The molecule has 4 heteroatoms. The Bertz CT molecular complexity index is 58.4. The zero-order chi connectivity index (χ0) is 9.11. The van der Waals surface area contributed by atoms with E-state index in [0.717, 1.165) is 13.0 Å². The molecular weight excluding hydrogens is 144 g/mol. The van der Waals surface area contributed by atoms with Crippen LogP contribution in [0.2, 0.25) is 0 Å². The third-order valence-electron chi connectivity index (χ3n) is 0.909. The number of hydrogen-bond donors (Lipinski definition) is 3. The minimum atomic E-state index is 0.219. The SMILES string of the molecule is CN(C)CCO.NCCCO.